The van der Waals surface area contributed by atoms with E-state index < -0.39 is 17.8 Å². The topological polar surface area (TPSA) is 61.5 Å². The van der Waals surface area contributed by atoms with Crippen molar-refractivity contribution in [3.05, 3.63) is 53.8 Å². The molecule has 0 heterocycles. The Morgan fingerprint density at radius 1 is 1.22 bits per heavy atom. The van der Waals surface area contributed by atoms with Gasteiger partial charge in [0.1, 0.15) is 11.6 Å². The van der Waals surface area contributed by atoms with Crippen LogP contribution in [0.3, 0.4) is 0 Å². The molecule has 2 rings (SSSR count). The zero-order chi connectivity index (χ0) is 16.8. The molecule has 2 N–H and O–H groups in total. The van der Waals surface area contributed by atoms with Crippen molar-refractivity contribution in [2.24, 2.45) is 5.73 Å². The zero-order valence-corrected chi connectivity index (χ0v) is 13.2. The molecular weight excluding hydrogens is 297 g/mol. The van der Waals surface area contributed by atoms with Gasteiger partial charge in [0.15, 0.2) is 0 Å². The molecule has 1 unspecified atom stereocenters. The van der Waals surface area contributed by atoms with Crippen LogP contribution in [-0.2, 0) is 9.53 Å². The maximum Gasteiger partial charge on any atom is 0.307 e. The average molecular weight is 317 g/mol. The van der Waals surface area contributed by atoms with E-state index in [4.69, 9.17) is 15.2 Å². The van der Waals surface area contributed by atoms with Crippen LogP contribution in [0.4, 0.5) is 4.39 Å². The average Bonchev–Trinajstić information content (AvgIpc) is 2.54. The number of ether oxygens (including phenoxy) is 2. The van der Waals surface area contributed by atoms with Crippen molar-refractivity contribution in [3.8, 4) is 16.9 Å². The molecule has 0 saturated heterocycles. The Morgan fingerprint density at radius 2 is 2.00 bits per heavy atom. The Labute approximate surface area is 135 Å². The minimum absolute atomic E-state index is 0.00877. The third-order valence-corrected chi connectivity index (χ3v) is 3.44. The van der Waals surface area contributed by atoms with E-state index in [9.17, 15) is 9.18 Å². The summed E-state index contributed by atoms with van der Waals surface area (Å²) >= 11 is 0. The lowest BCUT2D eigenvalue weighted by atomic mass is 9.98. The molecule has 0 aliphatic carbocycles. The highest BCUT2D eigenvalue weighted by molar-refractivity contribution is 5.71. The Kier molecular flexibility index (Phi) is 5.71. The molecule has 1 atom stereocenters. The summed E-state index contributed by atoms with van der Waals surface area (Å²) in [5, 5.41) is 0. The number of hydrogen-bond donors (Lipinski definition) is 1. The van der Waals surface area contributed by atoms with Gasteiger partial charge in [0.05, 0.1) is 20.1 Å². The highest BCUT2D eigenvalue weighted by Crippen LogP contribution is 2.28. The van der Waals surface area contributed by atoms with Gasteiger partial charge in [-0.3, -0.25) is 4.79 Å². The van der Waals surface area contributed by atoms with Crippen molar-refractivity contribution in [1.82, 2.24) is 0 Å². The van der Waals surface area contributed by atoms with Gasteiger partial charge < -0.3 is 15.2 Å². The van der Waals surface area contributed by atoms with Gasteiger partial charge in [-0.2, -0.15) is 0 Å². The van der Waals surface area contributed by atoms with E-state index in [1.54, 1.807) is 20.1 Å². The fourth-order valence-electron chi connectivity index (χ4n) is 2.31. The number of hydrogen-bond acceptors (Lipinski definition) is 4. The van der Waals surface area contributed by atoms with Crippen LogP contribution >= 0.6 is 0 Å². The Morgan fingerprint density at radius 3 is 2.70 bits per heavy atom. The van der Waals surface area contributed by atoms with Crippen LogP contribution < -0.4 is 10.5 Å². The lowest BCUT2D eigenvalue weighted by molar-refractivity contribution is -0.143. The Balaban J connectivity index is 2.29. The highest BCUT2D eigenvalue weighted by atomic mass is 19.1. The van der Waals surface area contributed by atoms with Gasteiger partial charge in [0.25, 0.3) is 0 Å². The Bertz CT molecular complexity index is 688. The van der Waals surface area contributed by atoms with Crippen LogP contribution in [0.25, 0.3) is 11.1 Å². The molecule has 0 radical (unpaired) electrons. The van der Waals surface area contributed by atoms with Crippen molar-refractivity contribution in [2.45, 2.75) is 19.4 Å². The number of nitrogens with two attached hydrogens (primary N) is 1. The van der Waals surface area contributed by atoms with Crippen molar-refractivity contribution in [1.29, 1.82) is 0 Å². The molecule has 0 aliphatic rings. The molecule has 122 valence electrons. The lowest BCUT2D eigenvalue weighted by Crippen LogP contribution is -2.17. The number of benzene rings is 2. The quantitative estimate of drug-likeness (QED) is 0.829. The highest BCUT2D eigenvalue weighted by Gasteiger charge is 2.15. The smallest absolute Gasteiger partial charge is 0.307 e. The third-order valence-electron chi connectivity index (χ3n) is 3.44. The number of methoxy groups -OCH3 is 1. The van der Waals surface area contributed by atoms with Crippen molar-refractivity contribution >= 4 is 5.97 Å². The van der Waals surface area contributed by atoms with Gasteiger partial charge in [0.2, 0.25) is 0 Å². The van der Waals surface area contributed by atoms with E-state index >= 15 is 0 Å². The summed E-state index contributed by atoms with van der Waals surface area (Å²) in [6.45, 7) is 2.02. The second-order valence-electron chi connectivity index (χ2n) is 5.12. The molecule has 0 amide bonds. The number of halogens is 1. The van der Waals surface area contributed by atoms with E-state index in [1.165, 1.54) is 12.1 Å². The molecule has 0 bridgehead atoms. The van der Waals surface area contributed by atoms with Crippen molar-refractivity contribution in [3.63, 3.8) is 0 Å². The summed E-state index contributed by atoms with van der Waals surface area (Å²) in [6.07, 6.45) is 0.00877. The number of rotatable bonds is 6. The maximum atomic E-state index is 13.9. The second kappa shape index (κ2) is 7.74. The van der Waals surface area contributed by atoms with Gasteiger partial charge in [-0.15, -0.1) is 0 Å². The molecule has 2 aromatic rings. The van der Waals surface area contributed by atoms with Crippen LogP contribution in [-0.4, -0.2) is 19.7 Å². The molecule has 0 fully saturated rings. The van der Waals surface area contributed by atoms with Gasteiger partial charge in [0, 0.05) is 6.04 Å². The summed E-state index contributed by atoms with van der Waals surface area (Å²) in [5.41, 5.74) is 8.05. The Hall–Kier alpha value is -2.40. The van der Waals surface area contributed by atoms with Crippen molar-refractivity contribution in [2.75, 3.05) is 13.7 Å². The molecule has 5 heteroatoms. The van der Waals surface area contributed by atoms with Crippen LogP contribution in [0.15, 0.2) is 42.5 Å². The van der Waals surface area contributed by atoms with Gasteiger partial charge >= 0.3 is 5.97 Å². The van der Waals surface area contributed by atoms with Crippen LogP contribution in [0.1, 0.15) is 24.9 Å². The van der Waals surface area contributed by atoms with E-state index in [-0.39, 0.29) is 6.42 Å². The first-order valence-corrected chi connectivity index (χ1v) is 7.39. The SMILES string of the molecule is CCOC(=O)CC(N)c1cc(F)cc(-c2cccc(OC)c2)c1. The van der Waals surface area contributed by atoms with Crippen LogP contribution in [0, 0.1) is 5.82 Å². The summed E-state index contributed by atoms with van der Waals surface area (Å²) in [4.78, 5) is 11.5. The minimum Gasteiger partial charge on any atom is -0.497 e. The fraction of sp³-hybridized carbons (Fsp3) is 0.278. The molecular formula is C18H20FNO3. The molecule has 0 saturated carbocycles. The predicted molar refractivity (Wildman–Crippen MR) is 86.6 cm³/mol. The molecule has 0 aliphatic heterocycles. The zero-order valence-electron chi connectivity index (χ0n) is 13.2. The summed E-state index contributed by atoms with van der Waals surface area (Å²) in [5.74, 6) is -0.115. The largest absolute Gasteiger partial charge is 0.497 e. The standard InChI is InChI=1S/C18H20FNO3/c1-3-23-18(21)11-17(20)14-7-13(8-15(19)9-14)12-5-4-6-16(10-12)22-2/h4-10,17H,3,11,20H2,1-2H3. The molecule has 4 nitrogen and oxygen atoms in total. The minimum atomic E-state index is -0.617. The third kappa shape index (κ3) is 4.53. The summed E-state index contributed by atoms with van der Waals surface area (Å²) in [6, 6.07) is 11.3. The first-order valence-electron chi connectivity index (χ1n) is 7.39. The summed E-state index contributed by atoms with van der Waals surface area (Å²) < 4.78 is 24.0. The second-order valence-corrected chi connectivity index (χ2v) is 5.12. The lowest BCUT2D eigenvalue weighted by Gasteiger charge is -2.13. The van der Waals surface area contributed by atoms with E-state index in [0.717, 1.165) is 5.56 Å². The maximum absolute atomic E-state index is 13.9. The van der Waals surface area contributed by atoms with Gasteiger partial charge in [-0.1, -0.05) is 12.1 Å². The van der Waals surface area contributed by atoms with E-state index in [1.807, 2.05) is 24.3 Å². The number of esters is 1. The van der Waals surface area contributed by atoms with E-state index in [2.05, 4.69) is 0 Å². The van der Waals surface area contributed by atoms with Crippen LogP contribution in [0.5, 0.6) is 5.75 Å². The number of carbonyl (C=O) groups excluding carboxylic acids is 1. The first-order chi connectivity index (χ1) is 11.0. The normalized spacial score (nSPS) is 11.8. The first kappa shape index (κ1) is 17.0. The molecule has 0 aromatic heterocycles. The monoisotopic (exact) mass is 317 g/mol. The number of carbonyl (C=O) groups is 1. The van der Waals surface area contributed by atoms with Crippen LogP contribution in [0.2, 0.25) is 0 Å². The van der Waals surface area contributed by atoms with Gasteiger partial charge in [-0.05, 0) is 53.9 Å². The van der Waals surface area contributed by atoms with E-state index in [0.29, 0.717) is 23.5 Å². The van der Waals surface area contributed by atoms with Crippen molar-refractivity contribution < 1.29 is 18.7 Å². The van der Waals surface area contributed by atoms with Gasteiger partial charge in [-0.25, -0.2) is 4.39 Å². The molecule has 2 aromatic carbocycles. The fourth-order valence-corrected chi connectivity index (χ4v) is 2.31. The predicted octanol–water partition coefficient (Wildman–Crippen LogP) is 3.45. The molecule has 23 heavy (non-hydrogen) atoms. The summed E-state index contributed by atoms with van der Waals surface area (Å²) in [7, 11) is 1.57. The molecule has 0 spiro atoms.